The number of aryl methyl sites for hydroxylation is 1. The van der Waals surface area contributed by atoms with Gasteiger partial charge in [0.05, 0.1) is 18.6 Å². The number of carboxylic acid groups (broad SMARTS) is 2. The molecule has 2 aliphatic rings. The van der Waals surface area contributed by atoms with Crippen molar-refractivity contribution in [2.75, 3.05) is 33.9 Å². The Labute approximate surface area is 202 Å². The number of hydrogen-bond acceptors (Lipinski definition) is 6. The number of aromatic nitrogens is 2. The van der Waals surface area contributed by atoms with Crippen molar-refractivity contribution in [3.8, 4) is 0 Å². The minimum absolute atomic E-state index is 0.0110. The van der Waals surface area contributed by atoms with Crippen molar-refractivity contribution < 1.29 is 55.7 Å². The lowest BCUT2D eigenvalue weighted by atomic mass is 9.88. The van der Waals surface area contributed by atoms with Gasteiger partial charge in [-0.15, -0.1) is 0 Å². The van der Waals surface area contributed by atoms with Crippen LogP contribution in [0.5, 0.6) is 0 Å². The van der Waals surface area contributed by atoms with Gasteiger partial charge < -0.3 is 24.4 Å². The Hall–Kier alpha value is -2.88. The average Bonchev–Trinajstić information content (AvgIpc) is 3.07. The number of alkyl halides is 6. The predicted molar refractivity (Wildman–Crippen MR) is 111 cm³/mol. The number of fused-ring (bicyclic) bond motifs is 1. The second-order valence-electron chi connectivity index (χ2n) is 8.31. The summed E-state index contributed by atoms with van der Waals surface area (Å²) in [5.41, 5.74) is 2.45. The molecule has 1 atom stereocenters. The topological polar surface area (TPSA) is 125 Å². The summed E-state index contributed by atoms with van der Waals surface area (Å²) in [7, 11) is 5.55. The van der Waals surface area contributed by atoms with Crippen molar-refractivity contribution in [2.45, 2.75) is 50.1 Å². The highest BCUT2D eigenvalue weighted by atomic mass is 19.4. The molecule has 10 nitrogen and oxygen atoms in total. The first-order chi connectivity index (χ1) is 16.4. The number of likely N-dealkylation sites (N-methyl/N-ethyl adjacent to an activating group) is 1. The van der Waals surface area contributed by atoms with Crippen molar-refractivity contribution >= 4 is 17.8 Å². The largest absolute Gasteiger partial charge is 0.490 e. The summed E-state index contributed by atoms with van der Waals surface area (Å²) in [5, 5.41) is 14.2. The van der Waals surface area contributed by atoms with E-state index < -0.39 is 24.3 Å². The van der Waals surface area contributed by atoms with Gasteiger partial charge in [-0.1, -0.05) is 6.42 Å². The molecule has 1 amide bonds. The Kier molecular flexibility index (Phi) is 11.2. The summed E-state index contributed by atoms with van der Waals surface area (Å²) < 4.78 is 71.3. The maximum Gasteiger partial charge on any atom is 0.490 e. The first-order valence-corrected chi connectivity index (χ1v) is 10.6. The van der Waals surface area contributed by atoms with E-state index in [9.17, 15) is 31.1 Å². The molecule has 2 N–H and O–H groups in total. The third-order valence-electron chi connectivity index (χ3n) is 5.38. The molecule has 2 heterocycles. The summed E-state index contributed by atoms with van der Waals surface area (Å²) in [6, 6.07) is 0.709. The minimum atomic E-state index is -5.08. The fraction of sp³-hybridized carbons (Fsp3) is 0.700. The molecular formula is C20H28F6N4O6. The predicted octanol–water partition coefficient (Wildman–Crippen LogP) is 2.24. The molecule has 3 rings (SSSR count). The van der Waals surface area contributed by atoms with Crippen LogP contribution < -0.4 is 0 Å². The SMILES string of the molecule is CN(C)C(=O)COCC1CN(C2CCC2)Cc2ncn(C)c21.O=C(O)C(F)(F)F.O=C(O)C(F)(F)F. The van der Waals surface area contributed by atoms with E-state index in [1.165, 1.54) is 30.7 Å². The molecule has 0 aromatic carbocycles. The van der Waals surface area contributed by atoms with Gasteiger partial charge in [0.15, 0.2) is 0 Å². The number of aliphatic carboxylic acids is 2. The third kappa shape index (κ3) is 9.64. The van der Waals surface area contributed by atoms with Crippen molar-refractivity contribution in [3.63, 3.8) is 0 Å². The lowest BCUT2D eigenvalue weighted by molar-refractivity contribution is -0.193. The van der Waals surface area contributed by atoms with Crippen molar-refractivity contribution in [1.82, 2.24) is 19.4 Å². The van der Waals surface area contributed by atoms with Crippen LogP contribution in [-0.4, -0.2) is 99.7 Å². The lowest BCUT2D eigenvalue weighted by Crippen LogP contribution is -2.45. The number of ether oxygens (including phenoxy) is 1. The minimum Gasteiger partial charge on any atom is -0.475 e. The summed E-state index contributed by atoms with van der Waals surface area (Å²) in [4.78, 5) is 38.1. The first-order valence-electron chi connectivity index (χ1n) is 10.6. The summed E-state index contributed by atoms with van der Waals surface area (Å²) >= 11 is 0. The molecule has 0 saturated heterocycles. The molecule has 1 aliphatic heterocycles. The summed E-state index contributed by atoms with van der Waals surface area (Å²) in [6.07, 6.45) is -4.33. The molecule has 36 heavy (non-hydrogen) atoms. The Morgan fingerprint density at radius 1 is 1.08 bits per heavy atom. The van der Waals surface area contributed by atoms with Crippen molar-refractivity contribution in [2.24, 2.45) is 7.05 Å². The smallest absolute Gasteiger partial charge is 0.475 e. The molecule has 0 spiro atoms. The Morgan fingerprint density at radius 2 is 1.58 bits per heavy atom. The van der Waals surface area contributed by atoms with Crippen LogP contribution in [0.2, 0.25) is 0 Å². The van der Waals surface area contributed by atoms with E-state index in [0.29, 0.717) is 18.6 Å². The molecule has 1 aromatic heterocycles. The van der Waals surface area contributed by atoms with Gasteiger partial charge in [-0.05, 0) is 12.8 Å². The highest BCUT2D eigenvalue weighted by Gasteiger charge is 2.39. The average molecular weight is 534 g/mol. The van der Waals surface area contributed by atoms with Crippen LogP contribution in [-0.2, 0) is 32.7 Å². The van der Waals surface area contributed by atoms with E-state index in [1.54, 1.807) is 19.0 Å². The maximum absolute atomic E-state index is 11.6. The number of carboxylic acids is 2. The monoisotopic (exact) mass is 534 g/mol. The molecule has 1 aliphatic carbocycles. The third-order valence-corrected chi connectivity index (χ3v) is 5.38. The number of imidazole rings is 1. The van der Waals surface area contributed by atoms with Crippen LogP contribution in [0.3, 0.4) is 0 Å². The molecule has 1 fully saturated rings. The molecule has 0 bridgehead atoms. The standard InChI is InChI=1S/C16H26N4O2.2C2HF3O2/c1-18(2)15(21)10-22-9-12-7-20(13-5-4-6-13)8-14-16(12)19(3)11-17-14;2*3-2(4,5)1(6)7/h11-13H,4-10H2,1-3H3;2*(H,6,7). The number of amides is 1. The van der Waals surface area contributed by atoms with Gasteiger partial charge in [-0.25, -0.2) is 14.6 Å². The fourth-order valence-corrected chi connectivity index (χ4v) is 3.34. The van der Waals surface area contributed by atoms with Gasteiger partial charge in [-0.2, -0.15) is 26.3 Å². The van der Waals surface area contributed by atoms with E-state index in [1.807, 2.05) is 13.4 Å². The van der Waals surface area contributed by atoms with E-state index in [-0.39, 0.29) is 12.5 Å². The number of carbonyl (C=O) groups is 3. The van der Waals surface area contributed by atoms with Crippen LogP contribution in [0.25, 0.3) is 0 Å². The molecule has 16 heteroatoms. The summed E-state index contributed by atoms with van der Waals surface area (Å²) in [5.74, 6) is -5.20. The Bertz CT molecular complexity index is 874. The molecule has 1 aromatic rings. The number of hydrogen-bond donors (Lipinski definition) is 2. The van der Waals surface area contributed by atoms with Gasteiger partial charge >= 0.3 is 24.3 Å². The Balaban J connectivity index is 0.000000383. The van der Waals surface area contributed by atoms with Crippen LogP contribution in [0.1, 0.15) is 36.6 Å². The highest BCUT2D eigenvalue weighted by molar-refractivity contribution is 5.76. The zero-order valence-corrected chi connectivity index (χ0v) is 19.8. The van der Waals surface area contributed by atoms with Gasteiger partial charge in [-0.3, -0.25) is 9.69 Å². The van der Waals surface area contributed by atoms with Crippen molar-refractivity contribution in [1.29, 1.82) is 0 Å². The van der Waals surface area contributed by atoms with Crippen LogP contribution >= 0.6 is 0 Å². The maximum atomic E-state index is 11.6. The molecule has 0 radical (unpaired) electrons. The van der Waals surface area contributed by atoms with Crippen molar-refractivity contribution in [3.05, 3.63) is 17.7 Å². The van der Waals surface area contributed by atoms with Crippen LogP contribution in [0, 0.1) is 0 Å². The van der Waals surface area contributed by atoms with E-state index >= 15 is 0 Å². The zero-order chi connectivity index (χ0) is 27.8. The zero-order valence-electron chi connectivity index (χ0n) is 19.8. The Morgan fingerprint density at radius 3 is 1.97 bits per heavy atom. The lowest BCUT2D eigenvalue weighted by Gasteiger charge is -2.42. The molecule has 1 unspecified atom stereocenters. The van der Waals surface area contributed by atoms with Gasteiger partial charge in [0.25, 0.3) is 0 Å². The quantitative estimate of drug-likeness (QED) is 0.552. The van der Waals surface area contributed by atoms with Crippen LogP contribution in [0.4, 0.5) is 26.3 Å². The summed E-state index contributed by atoms with van der Waals surface area (Å²) in [6.45, 7) is 2.69. The first kappa shape index (κ1) is 31.2. The van der Waals surface area contributed by atoms with Gasteiger partial charge in [0.2, 0.25) is 5.91 Å². The molecule has 206 valence electrons. The van der Waals surface area contributed by atoms with Gasteiger partial charge in [0.1, 0.15) is 6.61 Å². The van der Waals surface area contributed by atoms with Crippen LogP contribution in [0.15, 0.2) is 6.33 Å². The number of nitrogens with zero attached hydrogens (tertiary/aromatic N) is 4. The van der Waals surface area contributed by atoms with E-state index in [0.717, 1.165) is 13.1 Å². The molecule has 1 saturated carbocycles. The number of halogens is 6. The van der Waals surface area contributed by atoms with E-state index in [2.05, 4.69) is 14.5 Å². The normalized spacial score (nSPS) is 18.0. The van der Waals surface area contributed by atoms with E-state index in [4.69, 9.17) is 24.5 Å². The number of carbonyl (C=O) groups excluding carboxylic acids is 1. The highest BCUT2D eigenvalue weighted by Crippen LogP contribution is 2.34. The second kappa shape index (κ2) is 12.9. The fourth-order valence-electron chi connectivity index (χ4n) is 3.34. The second-order valence-corrected chi connectivity index (χ2v) is 8.31. The van der Waals surface area contributed by atoms with Gasteiger partial charge in [0, 0.05) is 51.9 Å². The number of rotatable bonds is 5. The molecular weight excluding hydrogens is 506 g/mol.